The number of phosphoric ester groups is 1. The summed E-state index contributed by atoms with van der Waals surface area (Å²) < 4.78 is 33.3. The lowest BCUT2D eigenvalue weighted by Gasteiger charge is -2.20. The van der Waals surface area contributed by atoms with Gasteiger partial charge in [0.2, 0.25) is 0 Å². The summed E-state index contributed by atoms with van der Waals surface area (Å²) in [6, 6.07) is -1.48. The molecule has 0 aliphatic heterocycles. The van der Waals surface area contributed by atoms with E-state index < -0.39 is 45.1 Å². The summed E-state index contributed by atoms with van der Waals surface area (Å²) in [5, 5.41) is 8.89. The minimum atomic E-state index is -4.62. The van der Waals surface area contributed by atoms with E-state index in [1.54, 1.807) is 0 Å². The van der Waals surface area contributed by atoms with Gasteiger partial charge in [0.25, 0.3) is 0 Å². The van der Waals surface area contributed by atoms with Crippen molar-refractivity contribution in [2.75, 3.05) is 26.4 Å². The zero-order chi connectivity index (χ0) is 41.2. The number of carbonyl (C=O) groups is 2. The fraction of sp³-hybridized carbons (Fsp3) is 0.778. The molecular weight excluding hydrogens is 729 g/mol. The molecule has 11 heteroatoms. The van der Waals surface area contributed by atoms with Gasteiger partial charge in [-0.3, -0.25) is 18.6 Å². The molecule has 10 nitrogen and oxygen atoms in total. The molecule has 0 saturated heterocycles. The molecule has 0 aliphatic rings. The lowest BCUT2D eigenvalue weighted by Crippen LogP contribution is -2.34. The third kappa shape index (κ3) is 40.1. The van der Waals surface area contributed by atoms with E-state index in [0.29, 0.717) is 13.0 Å². The number of ether oxygens (including phenoxy) is 2. The first-order chi connectivity index (χ1) is 27.2. The van der Waals surface area contributed by atoms with E-state index in [4.69, 9.17) is 29.4 Å². The normalized spacial score (nSPS) is 14.4. The van der Waals surface area contributed by atoms with Gasteiger partial charge in [-0.05, 0) is 77.0 Å². The Morgan fingerprint density at radius 1 is 0.571 bits per heavy atom. The van der Waals surface area contributed by atoms with Crippen molar-refractivity contribution in [1.82, 2.24) is 0 Å². The van der Waals surface area contributed by atoms with Crippen LogP contribution in [0.4, 0.5) is 0 Å². The van der Waals surface area contributed by atoms with Gasteiger partial charge in [0.15, 0.2) is 0 Å². The van der Waals surface area contributed by atoms with Crippen molar-refractivity contribution < 1.29 is 42.7 Å². The molecular formula is C45H82NO9P. The second-order valence-electron chi connectivity index (χ2n) is 14.8. The van der Waals surface area contributed by atoms with Crippen LogP contribution in [0.3, 0.4) is 0 Å². The van der Waals surface area contributed by atoms with Crippen molar-refractivity contribution >= 4 is 19.8 Å². The molecule has 0 aliphatic carbocycles. The minimum Gasteiger partial charge on any atom is -0.480 e. The van der Waals surface area contributed by atoms with Crippen molar-refractivity contribution in [1.29, 1.82) is 0 Å². The lowest BCUT2D eigenvalue weighted by molar-refractivity contribution is -0.154. The Bertz CT molecular complexity index is 1080. The summed E-state index contributed by atoms with van der Waals surface area (Å²) in [7, 11) is -4.62. The first-order valence-electron chi connectivity index (χ1n) is 22.2. The fourth-order valence-corrected chi connectivity index (χ4v) is 6.62. The predicted molar refractivity (Wildman–Crippen MR) is 231 cm³/mol. The van der Waals surface area contributed by atoms with Crippen molar-refractivity contribution in [3.05, 3.63) is 48.6 Å². The zero-order valence-corrected chi connectivity index (χ0v) is 36.4. The molecule has 0 spiro atoms. The summed E-state index contributed by atoms with van der Waals surface area (Å²) in [6.45, 7) is 3.81. The fourth-order valence-electron chi connectivity index (χ4n) is 5.84. The second-order valence-corrected chi connectivity index (χ2v) is 16.3. The number of nitrogens with two attached hydrogens (primary N) is 1. The highest BCUT2D eigenvalue weighted by Gasteiger charge is 2.27. The van der Waals surface area contributed by atoms with E-state index >= 15 is 0 Å². The molecule has 3 unspecified atom stereocenters. The molecule has 0 amide bonds. The Kier molecular flexibility index (Phi) is 39.6. The number of esters is 1. The molecule has 0 aromatic heterocycles. The third-order valence-corrected chi connectivity index (χ3v) is 10.3. The van der Waals surface area contributed by atoms with Crippen molar-refractivity contribution in [2.45, 2.75) is 199 Å². The van der Waals surface area contributed by atoms with Gasteiger partial charge in [-0.1, -0.05) is 152 Å². The number of carbonyl (C=O) groups excluding carboxylic acids is 1. The van der Waals surface area contributed by atoms with Crippen LogP contribution in [0.25, 0.3) is 0 Å². The van der Waals surface area contributed by atoms with Crippen LogP contribution in [0, 0.1) is 0 Å². The van der Waals surface area contributed by atoms with Gasteiger partial charge < -0.3 is 25.2 Å². The Morgan fingerprint density at radius 3 is 1.52 bits per heavy atom. The summed E-state index contributed by atoms with van der Waals surface area (Å²) >= 11 is 0. The Labute approximate surface area is 341 Å². The van der Waals surface area contributed by atoms with Crippen LogP contribution in [-0.4, -0.2) is 60.5 Å². The number of unbranched alkanes of at least 4 members (excludes halogenated alkanes) is 20. The molecule has 0 saturated carbocycles. The molecule has 0 rings (SSSR count). The number of carboxylic acid groups (broad SMARTS) is 1. The van der Waals surface area contributed by atoms with E-state index in [2.05, 4.69) is 62.5 Å². The largest absolute Gasteiger partial charge is 0.480 e. The van der Waals surface area contributed by atoms with Crippen LogP contribution in [0.2, 0.25) is 0 Å². The molecule has 4 N–H and O–H groups in total. The minimum absolute atomic E-state index is 0.00591. The van der Waals surface area contributed by atoms with E-state index in [1.165, 1.54) is 83.5 Å². The monoisotopic (exact) mass is 812 g/mol. The van der Waals surface area contributed by atoms with E-state index in [0.717, 1.165) is 77.0 Å². The standard InChI is InChI=1S/C45H82NO9P/c1-3-5-7-9-11-13-15-17-18-19-20-21-22-23-24-25-26-28-30-32-34-36-38-52-39-42(40-53-56(50,51)54-41-43(46)45(48)49)55-44(47)37-35-33-31-29-27-16-14-12-10-8-6-4-2/h12,14-15,17,19-20,22-23,42-43H,3-11,13,16,18,21,24-41,46H2,1-2H3,(H,48,49)(H,50,51)/b14-12-,17-15-,20-19-,23-22-. The number of hydrogen-bond acceptors (Lipinski definition) is 8. The highest BCUT2D eigenvalue weighted by atomic mass is 31.2. The van der Waals surface area contributed by atoms with Crippen molar-refractivity contribution in [3.63, 3.8) is 0 Å². The highest BCUT2D eigenvalue weighted by molar-refractivity contribution is 7.47. The van der Waals surface area contributed by atoms with Gasteiger partial charge in [0.05, 0.1) is 19.8 Å². The molecule has 0 fully saturated rings. The van der Waals surface area contributed by atoms with E-state index in [1.807, 2.05) is 0 Å². The van der Waals surface area contributed by atoms with Gasteiger partial charge in [-0.25, -0.2) is 4.57 Å². The van der Waals surface area contributed by atoms with E-state index in [-0.39, 0.29) is 13.0 Å². The Hall–Kier alpha value is -2.07. The molecule has 326 valence electrons. The second kappa shape index (κ2) is 41.1. The summed E-state index contributed by atoms with van der Waals surface area (Å²) in [4.78, 5) is 33.5. The number of rotatable bonds is 42. The number of allylic oxidation sites excluding steroid dienone is 8. The topological polar surface area (TPSA) is 155 Å². The first kappa shape index (κ1) is 53.9. The maximum Gasteiger partial charge on any atom is 0.472 e. The average molecular weight is 812 g/mol. The molecule has 0 bridgehead atoms. The number of carboxylic acids is 1. The summed E-state index contributed by atoms with van der Waals surface area (Å²) in [5.74, 6) is -1.79. The highest BCUT2D eigenvalue weighted by Crippen LogP contribution is 2.43. The van der Waals surface area contributed by atoms with Gasteiger partial charge >= 0.3 is 19.8 Å². The maximum atomic E-state index is 12.6. The molecule has 0 heterocycles. The van der Waals surface area contributed by atoms with Crippen molar-refractivity contribution in [2.24, 2.45) is 5.73 Å². The predicted octanol–water partition coefficient (Wildman–Crippen LogP) is 12.3. The summed E-state index contributed by atoms with van der Waals surface area (Å²) in [6.07, 6.45) is 47.4. The molecule has 0 aromatic carbocycles. The molecule has 0 radical (unpaired) electrons. The molecule has 56 heavy (non-hydrogen) atoms. The Morgan fingerprint density at radius 2 is 0.982 bits per heavy atom. The Balaban J connectivity index is 4.21. The number of hydrogen-bond donors (Lipinski definition) is 3. The van der Waals surface area contributed by atoms with Crippen LogP contribution in [0.15, 0.2) is 48.6 Å². The number of aliphatic carboxylic acids is 1. The van der Waals surface area contributed by atoms with Gasteiger partial charge in [0, 0.05) is 13.0 Å². The number of phosphoric acid groups is 1. The van der Waals surface area contributed by atoms with Crippen LogP contribution < -0.4 is 5.73 Å². The van der Waals surface area contributed by atoms with Gasteiger partial charge in [0.1, 0.15) is 12.1 Å². The van der Waals surface area contributed by atoms with E-state index in [9.17, 15) is 19.0 Å². The van der Waals surface area contributed by atoms with Gasteiger partial charge in [-0.2, -0.15) is 0 Å². The molecule has 0 aromatic rings. The first-order valence-corrected chi connectivity index (χ1v) is 23.7. The smallest absolute Gasteiger partial charge is 0.472 e. The summed E-state index contributed by atoms with van der Waals surface area (Å²) in [5.41, 5.74) is 5.35. The van der Waals surface area contributed by atoms with Gasteiger partial charge in [-0.15, -0.1) is 0 Å². The third-order valence-electron chi connectivity index (χ3n) is 9.33. The zero-order valence-electron chi connectivity index (χ0n) is 35.5. The maximum absolute atomic E-state index is 12.6. The molecule has 3 atom stereocenters. The van der Waals surface area contributed by atoms with Crippen LogP contribution >= 0.6 is 7.82 Å². The SMILES string of the molecule is CCCCC/C=C\CCCCCCCC(=O)OC(COCCCCCCCCC/C=C\C/C=C\C/C=C\CCCCCCC)COP(=O)(O)OCC(N)C(=O)O. The average Bonchev–Trinajstić information content (AvgIpc) is 3.18. The van der Waals surface area contributed by atoms with Crippen molar-refractivity contribution in [3.8, 4) is 0 Å². The van der Waals surface area contributed by atoms with Crippen LogP contribution in [0.5, 0.6) is 0 Å². The lowest BCUT2D eigenvalue weighted by atomic mass is 10.1. The van der Waals surface area contributed by atoms with Crippen LogP contribution in [0.1, 0.15) is 187 Å². The van der Waals surface area contributed by atoms with Crippen LogP contribution in [-0.2, 0) is 32.7 Å². The quantitative estimate of drug-likeness (QED) is 0.0235.